The molecule has 4 saturated carbocycles. The van der Waals surface area contributed by atoms with Crippen molar-refractivity contribution in [2.75, 3.05) is 0 Å². The number of nitrogens with one attached hydrogen (secondary N) is 1. The van der Waals surface area contributed by atoms with Crippen LogP contribution in [0.25, 0.3) is 4.96 Å². The van der Waals surface area contributed by atoms with Gasteiger partial charge < -0.3 is 5.32 Å². The van der Waals surface area contributed by atoms with Gasteiger partial charge in [-0.05, 0) is 56.3 Å². The summed E-state index contributed by atoms with van der Waals surface area (Å²) in [6.45, 7) is 0.945. The number of hydrogen-bond acceptors (Lipinski definition) is 3. The molecule has 4 heteroatoms. The highest BCUT2D eigenvalue weighted by atomic mass is 32.1. The van der Waals surface area contributed by atoms with Gasteiger partial charge in [-0.3, -0.25) is 4.40 Å². The average molecular weight is 287 g/mol. The van der Waals surface area contributed by atoms with E-state index >= 15 is 0 Å². The Kier molecular flexibility index (Phi) is 2.40. The first-order valence-electron chi connectivity index (χ1n) is 7.94. The van der Waals surface area contributed by atoms with Crippen LogP contribution in [0, 0.1) is 17.8 Å². The zero-order chi connectivity index (χ0) is 13.2. The Labute approximate surface area is 123 Å². The molecule has 0 aliphatic heterocycles. The number of aromatic nitrogens is 2. The minimum Gasteiger partial charge on any atom is -0.306 e. The molecule has 0 radical (unpaired) electrons. The summed E-state index contributed by atoms with van der Waals surface area (Å²) in [5, 5.41) is 6.02. The molecule has 3 nitrogen and oxygen atoms in total. The van der Waals surface area contributed by atoms with Crippen LogP contribution in [0.15, 0.2) is 17.8 Å². The summed E-state index contributed by atoms with van der Waals surface area (Å²) in [6.07, 6.45) is 13.1. The lowest BCUT2D eigenvalue weighted by atomic mass is 9.53. The molecule has 6 rings (SSSR count). The topological polar surface area (TPSA) is 29.3 Å². The van der Waals surface area contributed by atoms with Crippen molar-refractivity contribution in [3.63, 3.8) is 0 Å². The van der Waals surface area contributed by atoms with E-state index in [2.05, 4.69) is 27.5 Å². The number of hydrogen-bond donors (Lipinski definition) is 1. The third-order valence-corrected chi connectivity index (χ3v) is 6.60. The lowest BCUT2D eigenvalue weighted by Gasteiger charge is -2.57. The fourth-order valence-corrected chi connectivity index (χ4v) is 6.19. The van der Waals surface area contributed by atoms with Crippen LogP contribution >= 0.6 is 11.3 Å². The molecule has 0 unspecified atom stereocenters. The predicted molar refractivity (Wildman–Crippen MR) is 80.8 cm³/mol. The van der Waals surface area contributed by atoms with Crippen molar-refractivity contribution >= 4 is 16.3 Å². The molecule has 1 N–H and O–H groups in total. The smallest absolute Gasteiger partial charge is 0.193 e. The summed E-state index contributed by atoms with van der Waals surface area (Å²) in [6, 6.07) is 0. The highest BCUT2D eigenvalue weighted by Crippen LogP contribution is 2.55. The van der Waals surface area contributed by atoms with Gasteiger partial charge in [0.15, 0.2) is 4.96 Å². The molecular weight excluding hydrogens is 266 g/mol. The molecule has 4 fully saturated rings. The minimum absolute atomic E-state index is 0.450. The van der Waals surface area contributed by atoms with Crippen LogP contribution in [0.5, 0.6) is 0 Å². The van der Waals surface area contributed by atoms with E-state index in [9.17, 15) is 0 Å². The van der Waals surface area contributed by atoms with Crippen LogP contribution in [0.3, 0.4) is 0 Å². The van der Waals surface area contributed by atoms with Gasteiger partial charge in [0.05, 0.1) is 5.69 Å². The molecule has 2 aromatic heterocycles. The number of fused-ring (bicyclic) bond motifs is 1. The number of rotatable bonds is 3. The molecule has 0 aromatic carbocycles. The van der Waals surface area contributed by atoms with Crippen LogP contribution in [0.1, 0.15) is 44.2 Å². The van der Waals surface area contributed by atoms with E-state index in [1.54, 1.807) is 11.3 Å². The summed E-state index contributed by atoms with van der Waals surface area (Å²) in [5.74, 6) is 3.04. The third kappa shape index (κ3) is 1.77. The minimum atomic E-state index is 0.450. The van der Waals surface area contributed by atoms with E-state index in [1.807, 2.05) is 0 Å². The van der Waals surface area contributed by atoms with Gasteiger partial charge in [0.25, 0.3) is 0 Å². The summed E-state index contributed by atoms with van der Waals surface area (Å²) >= 11 is 1.72. The summed E-state index contributed by atoms with van der Waals surface area (Å²) in [7, 11) is 0. The van der Waals surface area contributed by atoms with Crippen LogP contribution in [0.4, 0.5) is 0 Å². The van der Waals surface area contributed by atoms with E-state index in [-0.39, 0.29) is 0 Å². The first-order chi connectivity index (χ1) is 9.78. The molecule has 0 atom stereocenters. The number of nitrogens with zero attached hydrogens (tertiary/aromatic N) is 2. The van der Waals surface area contributed by atoms with Gasteiger partial charge in [-0.15, -0.1) is 11.3 Å². The predicted octanol–water partition coefficient (Wildman–Crippen LogP) is 3.45. The van der Waals surface area contributed by atoms with Gasteiger partial charge >= 0.3 is 0 Å². The molecule has 0 amide bonds. The Hall–Kier alpha value is -0.870. The fourth-order valence-electron chi connectivity index (χ4n) is 5.47. The molecule has 4 aliphatic rings. The standard InChI is InChI=1S/C16H21N3S/c1-2-20-15-18-14(10-19(1)15)9-17-16-6-11-3-12(7-16)5-13(4-11)8-16/h1-2,10-13,17H,3-9H2. The van der Waals surface area contributed by atoms with Crippen molar-refractivity contribution in [1.82, 2.24) is 14.7 Å². The molecule has 4 bridgehead atoms. The molecule has 2 heterocycles. The fraction of sp³-hybridized carbons (Fsp3) is 0.688. The molecule has 0 saturated heterocycles. The van der Waals surface area contributed by atoms with Crippen molar-refractivity contribution in [3.05, 3.63) is 23.5 Å². The highest BCUT2D eigenvalue weighted by Gasteiger charge is 2.50. The zero-order valence-electron chi connectivity index (χ0n) is 11.7. The maximum atomic E-state index is 4.71. The Balaban J connectivity index is 1.35. The average Bonchev–Trinajstić information content (AvgIpc) is 2.95. The lowest BCUT2D eigenvalue weighted by molar-refractivity contribution is -0.0207. The zero-order valence-corrected chi connectivity index (χ0v) is 12.5. The van der Waals surface area contributed by atoms with Gasteiger partial charge in [0, 0.05) is 29.9 Å². The highest BCUT2D eigenvalue weighted by molar-refractivity contribution is 7.15. The third-order valence-electron chi connectivity index (χ3n) is 5.83. The van der Waals surface area contributed by atoms with E-state index in [1.165, 1.54) is 44.2 Å². The Morgan fingerprint density at radius 1 is 1.20 bits per heavy atom. The van der Waals surface area contributed by atoms with Gasteiger partial charge in [-0.2, -0.15) is 0 Å². The molecule has 106 valence electrons. The number of imidazole rings is 1. The van der Waals surface area contributed by atoms with E-state index in [0.29, 0.717) is 5.54 Å². The maximum Gasteiger partial charge on any atom is 0.193 e. The van der Waals surface area contributed by atoms with Crippen LogP contribution in [0.2, 0.25) is 0 Å². The second kappa shape index (κ2) is 4.08. The van der Waals surface area contributed by atoms with Gasteiger partial charge in [-0.25, -0.2) is 4.98 Å². The molecule has 2 aromatic rings. The van der Waals surface area contributed by atoms with E-state index < -0.39 is 0 Å². The molecule has 20 heavy (non-hydrogen) atoms. The second-order valence-corrected chi connectivity index (χ2v) is 8.25. The Morgan fingerprint density at radius 2 is 1.90 bits per heavy atom. The lowest BCUT2D eigenvalue weighted by Crippen LogP contribution is -2.58. The first-order valence-corrected chi connectivity index (χ1v) is 8.82. The quantitative estimate of drug-likeness (QED) is 0.937. The molecular formula is C16H21N3S. The second-order valence-electron chi connectivity index (χ2n) is 7.38. The summed E-state index contributed by atoms with van der Waals surface area (Å²) in [4.78, 5) is 5.83. The number of thiazole rings is 1. The van der Waals surface area contributed by atoms with Crippen molar-refractivity contribution in [3.8, 4) is 0 Å². The Bertz CT molecular complexity index is 577. The first kappa shape index (κ1) is 11.8. The van der Waals surface area contributed by atoms with E-state index in [0.717, 1.165) is 29.3 Å². The van der Waals surface area contributed by atoms with Crippen LogP contribution < -0.4 is 5.32 Å². The van der Waals surface area contributed by atoms with Crippen molar-refractivity contribution < 1.29 is 0 Å². The largest absolute Gasteiger partial charge is 0.306 e. The summed E-state index contributed by atoms with van der Waals surface area (Å²) < 4.78 is 2.14. The van der Waals surface area contributed by atoms with Crippen LogP contribution in [-0.2, 0) is 6.54 Å². The molecule has 0 spiro atoms. The SMILES string of the molecule is c1cn2cc(CNC34CC5CC(CC(C5)C3)C4)nc2s1. The van der Waals surface area contributed by atoms with Crippen molar-refractivity contribution in [2.24, 2.45) is 17.8 Å². The monoisotopic (exact) mass is 287 g/mol. The normalized spacial score (nSPS) is 38.9. The Morgan fingerprint density at radius 3 is 2.55 bits per heavy atom. The van der Waals surface area contributed by atoms with Gasteiger partial charge in [0.1, 0.15) is 0 Å². The van der Waals surface area contributed by atoms with Crippen molar-refractivity contribution in [1.29, 1.82) is 0 Å². The molecule has 4 aliphatic carbocycles. The van der Waals surface area contributed by atoms with Crippen LogP contribution in [-0.4, -0.2) is 14.9 Å². The maximum absolute atomic E-state index is 4.71. The van der Waals surface area contributed by atoms with Gasteiger partial charge in [0.2, 0.25) is 0 Å². The summed E-state index contributed by atoms with van der Waals surface area (Å²) in [5.41, 5.74) is 1.65. The van der Waals surface area contributed by atoms with Gasteiger partial charge in [-0.1, -0.05) is 0 Å². The van der Waals surface area contributed by atoms with E-state index in [4.69, 9.17) is 4.98 Å². The van der Waals surface area contributed by atoms with Crippen molar-refractivity contribution in [2.45, 2.75) is 50.6 Å².